The molecular formula is C18H21BrN2O. The molecule has 0 bridgehead atoms. The van der Waals surface area contributed by atoms with Gasteiger partial charge in [0.2, 0.25) is 5.91 Å². The van der Waals surface area contributed by atoms with Gasteiger partial charge in [-0.25, -0.2) is 0 Å². The summed E-state index contributed by atoms with van der Waals surface area (Å²) in [5, 5.41) is 3.01. The van der Waals surface area contributed by atoms with Crippen molar-refractivity contribution in [2.24, 2.45) is 5.73 Å². The van der Waals surface area contributed by atoms with Gasteiger partial charge >= 0.3 is 0 Å². The Morgan fingerprint density at radius 3 is 2.41 bits per heavy atom. The Morgan fingerprint density at radius 2 is 1.77 bits per heavy atom. The Morgan fingerprint density at radius 1 is 1.18 bits per heavy atom. The molecule has 1 amide bonds. The number of halogens is 1. The van der Waals surface area contributed by atoms with Gasteiger partial charge in [0.05, 0.1) is 0 Å². The SMILES string of the molecule is CC(Cc1ccccc1Br)NC(=O)C(C)(N)c1ccccc1. The van der Waals surface area contributed by atoms with E-state index in [4.69, 9.17) is 5.73 Å². The van der Waals surface area contributed by atoms with E-state index >= 15 is 0 Å². The lowest BCUT2D eigenvalue weighted by Gasteiger charge is -2.26. The van der Waals surface area contributed by atoms with E-state index in [0.29, 0.717) is 0 Å². The van der Waals surface area contributed by atoms with E-state index in [0.717, 1.165) is 22.0 Å². The van der Waals surface area contributed by atoms with Gasteiger partial charge in [-0.1, -0.05) is 64.5 Å². The predicted molar refractivity (Wildman–Crippen MR) is 93.4 cm³/mol. The minimum Gasteiger partial charge on any atom is -0.351 e. The third-order valence-electron chi connectivity index (χ3n) is 3.71. The van der Waals surface area contributed by atoms with Gasteiger partial charge in [0.15, 0.2) is 0 Å². The molecule has 2 unspecified atom stereocenters. The van der Waals surface area contributed by atoms with Crippen molar-refractivity contribution in [3.63, 3.8) is 0 Å². The highest BCUT2D eigenvalue weighted by Gasteiger charge is 2.31. The summed E-state index contributed by atoms with van der Waals surface area (Å²) >= 11 is 3.53. The van der Waals surface area contributed by atoms with Crippen LogP contribution in [0.4, 0.5) is 0 Å². The molecule has 0 radical (unpaired) electrons. The number of hydrogen-bond acceptors (Lipinski definition) is 2. The van der Waals surface area contributed by atoms with Gasteiger partial charge in [-0.05, 0) is 37.5 Å². The van der Waals surface area contributed by atoms with Crippen LogP contribution in [0.25, 0.3) is 0 Å². The van der Waals surface area contributed by atoms with Crippen LogP contribution < -0.4 is 11.1 Å². The maximum absolute atomic E-state index is 12.5. The van der Waals surface area contributed by atoms with Gasteiger partial charge in [-0.3, -0.25) is 4.79 Å². The molecule has 0 heterocycles. The first-order valence-corrected chi connectivity index (χ1v) is 8.09. The molecule has 0 aromatic heterocycles. The summed E-state index contributed by atoms with van der Waals surface area (Å²) < 4.78 is 1.05. The molecule has 2 aromatic rings. The first-order valence-electron chi connectivity index (χ1n) is 7.30. The molecule has 3 nitrogen and oxygen atoms in total. The Bertz CT molecular complexity index is 641. The quantitative estimate of drug-likeness (QED) is 0.858. The van der Waals surface area contributed by atoms with Crippen molar-refractivity contribution in [3.05, 3.63) is 70.2 Å². The number of hydrogen-bond donors (Lipinski definition) is 2. The Hall–Kier alpha value is -1.65. The lowest BCUT2D eigenvalue weighted by Crippen LogP contribution is -2.51. The third-order valence-corrected chi connectivity index (χ3v) is 4.48. The van der Waals surface area contributed by atoms with Crippen molar-refractivity contribution in [1.82, 2.24) is 5.32 Å². The van der Waals surface area contributed by atoms with Crippen LogP contribution in [0.5, 0.6) is 0 Å². The van der Waals surface area contributed by atoms with Gasteiger partial charge in [0.1, 0.15) is 5.54 Å². The summed E-state index contributed by atoms with van der Waals surface area (Å²) in [7, 11) is 0. The van der Waals surface area contributed by atoms with Gasteiger partial charge in [0, 0.05) is 10.5 Å². The fourth-order valence-electron chi connectivity index (χ4n) is 2.33. The van der Waals surface area contributed by atoms with E-state index in [9.17, 15) is 4.79 Å². The number of rotatable bonds is 5. The summed E-state index contributed by atoms with van der Waals surface area (Å²) in [6.45, 7) is 3.72. The second-order valence-electron chi connectivity index (χ2n) is 5.74. The van der Waals surface area contributed by atoms with Crippen molar-refractivity contribution in [2.75, 3.05) is 0 Å². The summed E-state index contributed by atoms with van der Waals surface area (Å²) in [5.74, 6) is -0.168. The van der Waals surface area contributed by atoms with Crippen LogP contribution in [0.2, 0.25) is 0 Å². The molecule has 3 N–H and O–H groups in total. The molecule has 0 fully saturated rings. The highest BCUT2D eigenvalue weighted by Crippen LogP contribution is 2.20. The standard InChI is InChI=1S/C18H21BrN2O/c1-13(12-14-8-6-7-11-16(14)19)21-17(22)18(2,20)15-9-4-3-5-10-15/h3-11,13H,12,20H2,1-2H3,(H,21,22). The molecule has 0 saturated heterocycles. The Labute approximate surface area is 140 Å². The number of benzene rings is 2. The van der Waals surface area contributed by atoms with Crippen LogP contribution in [0.1, 0.15) is 25.0 Å². The van der Waals surface area contributed by atoms with E-state index in [-0.39, 0.29) is 11.9 Å². The summed E-state index contributed by atoms with van der Waals surface area (Å²) in [6.07, 6.45) is 0.748. The average Bonchev–Trinajstić information content (AvgIpc) is 2.50. The van der Waals surface area contributed by atoms with Gasteiger partial charge < -0.3 is 11.1 Å². The van der Waals surface area contributed by atoms with Crippen molar-refractivity contribution in [2.45, 2.75) is 31.8 Å². The summed E-state index contributed by atoms with van der Waals surface area (Å²) in [5.41, 5.74) is 7.16. The molecule has 22 heavy (non-hydrogen) atoms. The van der Waals surface area contributed by atoms with E-state index in [1.165, 1.54) is 0 Å². The zero-order valence-electron chi connectivity index (χ0n) is 12.8. The minimum atomic E-state index is -1.04. The second-order valence-corrected chi connectivity index (χ2v) is 6.59. The molecule has 0 aliphatic heterocycles. The number of nitrogens with one attached hydrogen (secondary N) is 1. The number of nitrogens with two attached hydrogens (primary N) is 1. The fourth-order valence-corrected chi connectivity index (χ4v) is 2.78. The summed E-state index contributed by atoms with van der Waals surface area (Å²) in [6, 6.07) is 17.4. The van der Waals surface area contributed by atoms with Gasteiger partial charge in [-0.2, -0.15) is 0 Å². The minimum absolute atomic E-state index is 0.00205. The zero-order valence-corrected chi connectivity index (χ0v) is 14.4. The highest BCUT2D eigenvalue weighted by molar-refractivity contribution is 9.10. The number of amides is 1. The zero-order chi connectivity index (χ0) is 16.2. The molecule has 0 saturated carbocycles. The lowest BCUT2D eigenvalue weighted by molar-refractivity contribution is -0.126. The molecule has 2 atom stereocenters. The molecular weight excluding hydrogens is 340 g/mol. The lowest BCUT2D eigenvalue weighted by atomic mass is 9.92. The second kappa shape index (κ2) is 7.07. The largest absolute Gasteiger partial charge is 0.351 e. The molecule has 2 rings (SSSR count). The van der Waals surface area contributed by atoms with Crippen LogP contribution >= 0.6 is 15.9 Å². The van der Waals surface area contributed by atoms with Crippen LogP contribution in [0.15, 0.2) is 59.1 Å². The maximum Gasteiger partial charge on any atom is 0.244 e. The van der Waals surface area contributed by atoms with Gasteiger partial charge in [0.25, 0.3) is 0 Å². The molecule has 0 spiro atoms. The van der Waals surface area contributed by atoms with Crippen molar-refractivity contribution >= 4 is 21.8 Å². The smallest absolute Gasteiger partial charge is 0.244 e. The van der Waals surface area contributed by atoms with Crippen molar-refractivity contribution in [1.29, 1.82) is 0 Å². The van der Waals surface area contributed by atoms with Crippen molar-refractivity contribution < 1.29 is 4.79 Å². The average molecular weight is 361 g/mol. The maximum atomic E-state index is 12.5. The monoisotopic (exact) mass is 360 g/mol. The first-order chi connectivity index (χ1) is 10.4. The topological polar surface area (TPSA) is 55.1 Å². The fraction of sp³-hybridized carbons (Fsp3) is 0.278. The molecule has 0 aliphatic rings. The van der Waals surface area contributed by atoms with E-state index < -0.39 is 5.54 Å². The highest BCUT2D eigenvalue weighted by atomic mass is 79.9. The van der Waals surface area contributed by atoms with E-state index in [1.54, 1.807) is 6.92 Å². The van der Waals surface area contributed by atoms with Gasteiger partial charge in [-0.15, -0.1) is 0 Å². The Kier molecular flexibility index (Phi) is 5.37. The number of carbonyl (C=O) groups excluding carboxylic acids is 1. The van der Waals surface area contributed by atoms with Crippen LogP contribution in [-0.4, -0.2) is 11.9 Å². The molecule has 116 valence electrons. The molecule has 0 aliphatic carbocycles. The normalized spacial score (nSPS) is 14.9. The van der Waals surface area contributed by atoms with Crippen molar-refractivity contribution in [3.8, 4) is 0 Å². The van der Waals surface area contributed by atoms with Crippen LogP contribution in [0, 0.1) is 0 Å². The van der Waals surface area contributed by atoms with Crippen LogP contribution in [-0.2, 0) is 16.8 Å². The van der Waals surface area contributed by atoms with E-state index in [2.05, 4.69) is 21.2 Å². The predicted octanol–water partition coefficient (Wildman–Crippen LogP) is 3.37. The third kappa shape index (κ3) is 3.96. The van der Waals surface area contributed by atoms with Crippen LogP contribution in [0.3, 0.4) is 0 Å². The number of carbonyl (C=O) groups is 1. The van der Waals surface area contributed by atoms with E-state index in [1.807, 2.05) is 61.5 Å². The molecule has 4 heteroatoms. The Balaban J connectivity index is 2.04. The summed E-state index contributed by atoms with van der Waals surface area (Å²) in [4.78, 5) is 12.5. The first kappa shape index (κ1) is 16.7. The molecule has 2 aromatic carbocycles.